The van der Waals surface area contributed by atoms with Gasteiger partial charge in [-0.15, -0.1) is 0 Å². The lowest BCUT2D eigenvalue weighted by Gasteiger charge is -2.44. The molecule has 0 radical (unpaired) electrons. The lowest BCUT2D eigenvalue weighted by atomic mass is 9.88. The van der Waals surface area contributed by atoms with Gasteiger partial charge in [-0.3, -0.25) is 9.69 Å². The Kier molecular flexibility index (Phi) is 4.36. The lowest BCUT2D eigenvalue weighted by molar-refractivity contribution is -0.135. The Morgan fingerprint density at radius 3 is 2.88 bits per heavy atom. The Balaban J connectivity index is 2.06. The molecule has 1 heterocycles. The average Bonchev–Trinajstić information content (AvgIpc) is 2.38. The molecule has 0 spiro atoms. The summed E-state index contributed by atoms with van der Waals surface area (Å²) in [5.41, 5.74) is 6.20. The summed E-state index contributed by atoms with van der Waals surface area (Å²) in [6.45, 7) is 2.01. The van der Waals surface area contributed by atoms with Crippen LogP contribution in [0.4, 0.5) is 0 Å². The van der Waals surface area contributed by atoms with Gasteiger partial charge in [-0.2, -0.15) is 0 Å². The van der Waals surface area contributed by atoms with Crippen molar-refractivity contribution in [1.82, 2.24) is 10.2 Å². The van der Waals surface area contributed by atoms with Crippen molar-refractivity contribution >= 4 is 5.91 Å². The molecule has 0 aromatic carbocycles. The van der Waals surface area contributed by atoms with Crippen molar-refractivity contribution in [1.29, 1.82) is 0 Å². The standard InChI is InChI=1S/C12H23N3O2/c1-14-12(16)11-8-17-7-6-15(11)10-5-3-2-4-9(10)13/h9-11H,2-8,13H2,1H3,(H,14,16). The number of morpholine rings is 1. The molecule has 17 heavy (non-hydrogen) atoms. The number of rotatable bonds is 2. The fourth-order valence-corrected chi connectivity index (χ4v) is 2.96. The number of nitrogens with two attached hydrogens (primary N) is 1. The molecule has 0 aromatic rings. The van der Waals surface area contributed by atoms with Crippen LogP contribution in [0.15, 0.2) is 0 Å². The molecule has 3 N–H and O–H groups in total. The number of likely N-dealkylation sites (N-methyl/N-ethyl adjacent to an activating group) is 1. The highest BCUT2D eigenvalue weighted by molar-refractivity contribution is 5.81. The van der Waals surface area contributed by atoms with E-state index in [0.29, 0.717) is 19.3 Å². The van der Waals surface area contributed by atoms with Crippen molar-refractivity contribution < 1.29 is 9.53 Å². The molecule has 2 aliphatic rings. The van der Waals surface area contributed by atoms with Gasteiger partial charge in [-0.25, -0.2) is 0 Å². The first-order valence-electron chi connectivity index (χ1n) is 6.54. The summed E-state index contributed by atoms with van der Waals surface area (Å²) in [6.07, 6.45) is 4.61. The van der Waals surface area contributed by atoms with E-state index in [0.717, 1.165) is 19.4 Å². The van der Waals surface area contributed by atoms with E-state index in [4.69, 9.17) is 10.5 Å². The quantitative estimate of drug-likeness (QED) is 0.697. The topological polar surface area (TPSA) is 67.6 Å². The fourth-order valence-electron chi connectivity index (χ4n) is 2.96. The second-order valence-electron chi connectivity index (χ2n) is 4.96. The minimum atomic E-state index is -0.164. The average molecular weight is 241 g/mol. The molecule has 3 unspecified atom stereocenters. The summed E-state index contributed by atoms with van der Waals surface area (Å²) in [5, 5.41) is 2.72. The van der Waals surface area contributed by atoms with Crippen LogP contribution < -0.4 is 11.1 Å². The third kappa shape index (κ3) is 2.78. The van der Waals surface area contributed by atoms with Gasteiger partial charge in [0, 0.05) is 25.7 Å². The van der Waals surface area contributed by atoms with Gasteiger partial charge in [0.1, 0.15) is 6.04 Å². The molecule has 1 amide bonds. The van der Waals surface area contributed by atoms with Crippen molar-refractivity contribution in [2.24, 2.45) is 5.73 Å². The van der Waals surface area contributed by atoms with Crippen molar-refractivity contribution in [3.63, 3.8) is 0 Å². The minimum absolute atomic E-state index is 0.0440. The number of carbonyl (C=O) groups is 1. The van der Waals surface area contributed by atoms with Crippen molar-refractivity contribution in [3.05, 3.63) is 0 Å². The zero-order valence-corrected chi connectivity index (χ0v) is 10.5. The second kappa shape index (κ2) is 5.80. The first kappa shape index (κ1) is 12.8. The van der Waals surface area contributed by atoms with E-state index in [-0.39, 0.29) is 18.0 Å². The predicted molar refractivity (Wildman–Crippen MR) is 65.6 cm³/mol. The summed E-state index contributed by atoms with van der Waals surface area (Å²) in [4.78, 5) is 14.1. The Labute approximate surface area is 103 Å². The largest absolute Gasteiger partial charge is 0.378 e. The Bertz CT molecular complexity index is 272. The molecule has 1 aliphatic heterocycles. The molecule has 2 fully saturated rings. The number of nitrogens with one attached hydrogen (secondary N) is 1. The molecule has 0 aromatic heterocycles. The molecule has 5 heteroatoms. The lowest BCUT2D eigenvalue weighted by Crippen LogP contribution is -2.61. The smallest absolute Gasteiger partial charge is 0.239 e. The molecule has 1 saturated heterocycles. The van der Waals surface area contributed by atoms with E-state index in [9.17, 15) is 4.79 Å². The number of nitrogens with zero attached hydrogens (tertiary/aromatic N) is 1. The highest BCUT2D eigenvalue weighted by atomic mass is 16.5. The number of hydrogen-bond acceptors (Lipinski definition) is 4. The highest BCUT2D eigenvalue weighted by Crippen LogP contribution is 2.25. The minimum Gasteiger partial charge on any atom is -0.378 e. The molecule has 1 saturated carbocycles. The van der Waals surface area contributed by atoms with Crippen LogP contribution in [-0.2, 0) is 9.53 Å². The van der Waals surface area contributed by atoms with Crippen molar-refractivity contribution in [2.45, 2.75) is 43.8 Å². The van der Waals surface area contributed by atoms with Crippen LogP contribution in [0.5, 0.6) is 0 Å². The van der Waals surface area contributed by atoms with E-state index >= 15 is 0 Å². The summed E-state index contributed by atoms with van der Waals surface area (Å²) in [6, 6.07) is 0.381. The van der Waals surface area contributed by atoms with E-state index in [1.807, 2.05) is 0 Å². The van der Waals surface area contributed by atoms with Crippen LogP contribution in [0.2, 0.25) is 0 Å². The van der Waals surface area contributed by atoms with Crippen molar-refractivity contribution in [3.8, 4) is 0 Å². The van der Waals surface area contributed by atoms with Gasteiger partial charge in [0.2, 0.25) is 5.91 Å². The normalized spacial score (nSPS) is 35.5. The van der Waals surface area contributed by atoms with Gasteiger partial charge in [0.15, 0.2) is 0 Å². The van der Waals surface area contributed by atoms with E-state index in [2.05, 4.69) is 10.2 Å². The van der Waals surface area contributed by atoms with Crippen LogP contribution in [0, 0.1) is 0 Å². The Morgan fingerprint density at radius 2 is 2.18 bits per heavy atom. The zero-order chi connectivity index (χ0) is 12.3. The van der Waals surface area contributed by atoms with Crippen LogP contribution in [-0.4, -0.2) is 55.7 Å². The van der Waals surface area contributed by atoms with Crippen LogP contribution in [0.1, 0.15) is 25.7 Å². The van der Waals surface area contributed by atoms with E-state index in [1.165, 1.54) is 12.8 Å². The zero-order valence-electron chi connectivity index (χ0n) is 10.5. The second-order valence-corrected chi connectivity index (χ2v) is 4.96. The van der Waals surface area contributed by atoms with Crippen LogP contribution in [0.25, 0.3) is 0 Å². The summed E-state index contributed by atoms with van der Waals surface area (Å²) in [5.74, 6) is 0.0440. The Morgan fingerprint density at radius 1 is 1.41 bits per heavy atom. The van der Waals surface area contributed by atoms with Gasteiger partial charge in [-0.1, -0.05) is 12.8 Å². The fraction of sp³-hybridized carbons (Fsp3) is 0.917. The van der Waals surface area contributed by atoms with Crippen LogP contribution in [0.3, 0.4) is 0 Å². The summed E-state index contributed by atoms with van der Waals surface area (Å²) >= 11 is 0. The van der Waals surface area contributed by atoms with Gasteiger partial charge in [0.25, 0.3) is 0 Å². The SMILES string of the molecule is CNC(=O)C1COCCN1C1CCCCC1N. The monoisotopic (exact) mass is 241 g/mol. The summed E-state index contributed by atoms with van der Waals surface area (Å²) in [7, 11) is 1.68. The molecule has 0 bridgehead atoms. The maximum atomic E-state index is 11.9. The van der Waals surface area contributed by atoms with Crippen molar-refractivity contribution in [2.75, 3.05) is 26.8 Å². The Hall–Kier alpha value is -0.650. The third-order valence-corrected chi connectivity index (χ3v) is 3.93. The molecular formula is C12H23N3O2. The number of amides is 1. The molecule has 1 aliphatic carbocycles. The maximum absolute atomic E-state index is 11.9. The van der Waals surface area contributed by atoms with Gasteiger partial charge < -0.3 is 15.8 Å². The first-order valence-corrected chi connectivity index (χ1v) is 6.54. The van der Waals surface area contributed by atoms with E-state index in [1.54, 1.807) is 7.05 Å². The van der Waals surface area contributed by atoms with Gasteiger partial charge in [-0.05, 0) is 12.8 Å². The van der Waals surface area contributed by atoms with E-state index < -0.39 is 0 Å². The third-order valence-electron chi connectivity index (χ3n) is 3.93. The number of hydrogen-bond donors (Lipinski definition) is 2. The molecule has 3 atom stereocenters. The van der Waals surface area contributed by atoms with Crippen LogP contribution >= 0.6 is 0 Å². The molecule has 98 valence electrons. The van der Waals surface area contributed by atoms with Gasteiger partial charge >= 0.3 is 0 Å². The van der Waals surface area contributed by atoms with Gasteiger partial charge in [0.05, 0.1) is 13.2 Å². The predicted octanol–water partition coefficient (Wildman–Crippen LogP) is -0.297. The molecular weight excluding hydrogens is 218 g/mol. The highest BCUT2D eigenvalue weighted by Gasteiger charge is 2.37. The number of ether oxygens (including phenoxy) is 1. The molecule has 5 nitrogen and oxygen atoms in total. The summed E-state index contributed by atoms with van der Waals surface area (Å²) < 4.78 is 5.42. The number of carbonyl (C=O) groups excluding carboxylic acids is 1. The maximum Gasteiger partial charge on any atom is 0.239 e. The molecule has 2 rings (SSSR count). The first-order chi connectivity index (χ1) is 8.24.